The van der Waals surface area contributed by atoms with Gasteiger partial charge in [0.15, 0.2) is 5.82 Å². The quantitative estimate of drug-likeness (QED) is 0.531. The predicted octanol–water partition coefficient (Wildman–Crippen LogP) is 0.0866. The molecule has 2 rings (SSSR count). The van der Waals surface area contributed by atoms with Crippen molar-refractivity contribution in [2.75, 3.05) is 11.9 Å². The van der Waals surface area contributed by atoms with Crippen molar-refractivity contribution in [3.63, 3.8) is 0 Å². The minimum atomic E-state index is -0.878. The fourth-order valence-corrected chi connectivity index (χ4v) is 1.96. The van der Waals surface area contributed by atoms with Crippen molar-refractivity contribution >= 4 is 23.3 Å². The number of amides is 2. The van der Waals surface area contributed by atoms with E-state index in [0.29, 0.717) is 11.3 Å². The highest BCUT2D eigenvalue weighted by atomic mass is 16.3. The Morgan fingerprint density at radius 2 is 2.04 bits per heavy atom. The maximum atomic E-state index is 12.4. The Labute approximate surface area is 138 Å². The van der Waals surface area contributed by atoms with Crippen molar-refractivity contribution in [2.45, 2.75) is 13.0 Å². The van der Waals surface area contributed by atoms with Crippen LogP contribution >= 0.6 is 0 Å². The molecule has 1 aromatic heterocycles. The Morgan fingerprint density at radius 3 is 2.67 bits per heavy atom. The normalized spacial score (nSPS) is 11.6. The zero-order valence-electron chi connectivity index (χ0n) is 13.3. The van der Waals surface area contributed by atoms with Gasteiger partial charge in [-0.1, -0.05) is 12.1 Å². The van der Waals surface area contributed by atoms with Gasteiger partial charge >= 0.3 is 11.8 Å². The van der Waals surface area contributed by atoms with Crippen LogP contribution in [0.1, 0.15) is 23.1 Å². The first-order valence-electron chi connectivity index (χ1n) is 7.28. The van der Waals surface area contributed by atoms with E-state index in [1.54, 1.807) is 36.0 Å². The smallest absolute Gasteiger partial charge is 0.313 e. The summed E-state index contributed by atoms with van der Waals surface area (Å²) in [6.45, 7) is 1.47. The van der Waals surface area contributed by atoms with Crippen LogP contribution in [0.25, 0.3) is 0 Å². The van der Waals surface area contributed by atoms with Gasteiger partial charge in [-0.3, -0.25) is 14.4 Å². The number of benzene rings is 1. The number of ketones is 1. The summed E-state index contributed by atoms with van der Waals surface area (Å²) in [6.07, 6.45) is 2.43. The largest absolute Gasteiger partial charge is 0.392 e. The molecule has 2 aromatic rings. The maximum Gasteiger partial charge on any atom is 0.313 e. The standard InChI is InChI=1S/C16H18N4O4/c1-10(21)9-18-15(23)16(24)19-12-5-3-4-11(8-12)13(22)14-17-6-7-20(14)2/h3-8,10,21H,9H2,1-2H3,(H,18,23)(H,19,24)/t10-/m1/s1. The van der Waals surface area contributed by atoms with Crippen LogP contribution in [0.15, 0.2) is 36.7 Å². The molecule has 24 heavy (non-hydrogen) atoms. The van der Waals surface area contributed by atoms with E-state index in [2.05, 4.69) is 15.6 Å². The van der Waals surface area contributed by atoms with E-state index < -0.39 is 17.9 Å². The molecule has 0 aliphatic carbocycles. The zero-order chi connectivity index (χ0) is 17.7. The van der Waals surface area contributed by atoms with Gasteiger partial charge in [0.05, 0.1) is 6.10 Å². The SMILES string of the molecule is C[C@@H](O)CNC(=O)C(=O)Nc1cccc(C(=O)c2nccn2C)c1. The van der Waals surface area contributed by atoms with Gasteiger partial charge < -0.3 is 20.3 Å². The minimum Gasteiger partial charge on any atom is -0.392 e. The molecule has 0 aliphatic rings. The fraction of sp³-hybridized carbons (Fsp3) is 0.250. The number of anilines is 1. The number of nitrogens with zero attached hydrogens (tertiary/aromatic N) is 2. The summed E-state index contributed by atoms with van der Waals surface area (Å²) in [4.78, 5) is 39.7. The third-order valence-corrected chi connectivity index (χ3v) is 3.17. The lowest BCUT2D eigenvalue weighted by atomic mass is 10.1. The molecule has 3 N–H and O–H groups in total. The number of aliphatic hydroxyl groups is 1. The number of aryl methyl sites for hydroxylation is 1. The molecular weight excluding hydrogens is 312 g/mol. The lowest BCUT2D eigenvalue weighted by Gasteiger charge is -2.09. The van der Waals surface area contributed by atoms with Crippen molar-refractivity contribution in [2.24, 2.45) is 7.05 Å². The average Bonchev–Trinajstić information content (AvgIpc) is 2.98. The van der Waals surface area contributed by atoms with Gasteiger partial charge in [0.2, 0.25) is 5.78 Å². The Hall–Kier alpha value is -3.00. The zero-order valence-corrected chi connectivity index (χ0v) is 13.3. The van der Waals surface area contributed by atoms with E-state index in [-0.39, 0.29) is 18.2 Å². The molecule has 0 fully saturated rings. The van der Waals surface area contributed by atoms with Crippen LogP contribution in [-0.4, -0.2) is 44.9 Å². The van der Waals surface area contributed by atoms with Crippen LogP contribution in [0.3, 0.4) is 0 Å². The summed E-state index contributed by atoms with van der Waals surface area (Å²) >= 11 is 0. The predicted molar refractivity (Wildman–Crippen MR) is 86.4 cm³/mol. The molecule has 0 aliphatic heterocycles. The number of carbonyl (C=O) groups excluding carboxylic acids is 3. The second-order valence-corrected chi connectivity index (χ2v) is 5.28. The number of hydrogen-bond donors (Lipinski definition) is 3. The molecule has 8 nitrogen and oxygen atoms in total. The topological polar surface area (TPSA) is 113 Å². The molecule has 126 valence electrons. The Morgan fingerprint density at radius 1 is 1.29 bits per heavy atom. The summed E-state index contributed by atoms with van der Waals surface area (Å²) in [5.41, 5.74) is 0.652. The molecule has 0 saturated heterocycles. The third kappa shape index (κ3) is 4.26. The second-order valence-electron chi connectivity index (χ2n) is 5.28. The highest BCUT2D eigenvalue weighted by Gasteiger charge is 2.17. The van der Waals surface area contributed by atoms with Gasteiger partial charge in [0.25, 0.3) is 0 Å². The molecule has 0 bridgehead atoms. The molecule has 2 amide bonds. The van der Waals surface area contributed by atoms with Gasteiger partial charge in [-0.15, -0.1) is 0 Å². The van der Waals surface area contributed by atoms with Gasteiger partial charge in [-0.25, -0.2) is 4.98 Å². The highest BCUT2D eigenvalue weighted by Crippen LogP contribution is 2.14. The Bertz CT molecular complexity index is 767. The fourth-order valence-electron chi connectivity index (χ4n) is 1.96. The van der Waals surface area contributed by atoms with E-state index in [9.17, 15) is 14.4 Å². The lowest BCUT2D eigenvalue weighted by molar-refractivity contribution is -0.136. The van der Waals surface area contributed by atoms with E-state index in [4.69, 9.17) is 5.11 Å². The molecule has 1 heterocycles. The second kappa shape index (κ2) is 7.51. The van der Waals surface area contributed by atoms with Crippen LogP contribution < -0.4 is 10.6 Å². The summed E-state index contributed by atoms with van der Waals surface area (Å²) in [5, 5.41) is 13.8. The van der Waals surface area contributed by atoms with Gasteiger partial charge in [0, 0.05) is 37.2 Å². The highest BCUT2D eigenvalue weighted by molar-refractivity contribution is 6.39. The van der Waals surface area contributed by atoms with E-state index in [1.165, 1.54) is 19.2 Å². The number of aromatic nitrogens is 2. The van der Waals surface area contributed by atoms with Crippen molar-refractivity contribution in [3.8, 4) is 0 Å². The van der Waals surface area contributed by atoms with E-state index in [0.717, 1.165) is 0 Å². The molecular formula is C16H18N4O4. The van der Waals surface area contributed by atoms with Crippen LogP contribution in [0, 0.1) is 0 Å². The van der Waals surface area contributed by atoms with Crippen LogP contribution in [-0.2, 0) is 16.6 Å². The third-order valence-electron chi connectivity index (χ3n) is 3.17. The van der Waals surface area contributed by atoms with Gasteiger partial charge in [-0.05, 0) is 19.1 Å². The molecule has 1 aromatic carbocycles. The molecule has 0 saturated carbocycles. The number of rotatable bonds is 5. The summed E-state index contributed by atoms with van der Waals surface area (Å²) in [6, 6.07) is 6.23. The van der Waals surface area contributed by atoms with E-state index >= 15 is 0 Å². The van der Waals surface area contributed by atoms with Crippen molar-refractivity contribution in [3.05, 3.63) is 48.0 Å². The molecule has 0 spiro atoms. The first-order chi connectivity index (χ1) is 11.4. The first-order valence-corrected chi connectivity index (χ1v) is 7.28. The Balaban J connectivity index is 2.08. The molecule has 0 unspecified atom stereocenters. The number of carbonyl (C=O) groups is 3. The molecule has 8 heteroatoms. The molecule has 0 radical (unpaired) electrons. The minimum absolute atomic E-state index is 0.0239. The number of imidazole rings is 1. The monoisotopic (exact) mass is 330 g/mol. The van der Waals surface area contributed by atoms with Crippen LogP contribution in [0.5, 0.6) is 0 Å². The van der Waals surface area contributed by atoms with Crippen molar-refractivity contribution in [1.82, 2.24) is 14.9 Å². The number of hydrogen-bond acceptors (Lipinski definition) is 5. The number of aliphatic hydroxyl groups excluding tert-OH is 1. The van der Waals surface area contributed by atoms with Crippen LogP contribution in [0.4, 0.5) is 5.69 Å². The van der Waals surface area contributed by atoms with Crippen molar-refractivity contribution in [1.29, 1.82) is 0 Å². The Kier molecular flexibility index (Phi) is 5.43. The first kappa shape index (κ1) is 17.4. The number of nitrogens with one attached hydrogen (secondary N) is 2. The van der Waals surface area contributed by atoms with Crippen molar-refractivity contribution < 1.29 is 19.5 Å². The average molecular weight is 330 g/mol. The summed E-state index contributed by atoms with van der Waals surface area (Å²) in [7, 11) is 1.71. The van der Waals surface area contributed by atoms with Gasteiger partial charge in [0.1, 0.15) is 0 Å². The van der Waals surface area contributed by atoms with Crippen LogP contribution in [0.2, 0.25) is 0 Å². The lowest BCUT2D eigenvalue weighted by Crippen LogP contribution is -2.38. The summed E-state index contributed by atoms with van der Waals surface area (Å²) < 4.78 is 1.59. The summed E-state index contributed by atoms with van der Waals surface area (Å²) in [5.74, 6) is -1.76. The maximum absolute atomic E-state index is 12.4. The molecule has 1 atom stereocenters. The van der Waals surface area contributed by atoms with E-state index in [1.807, 2.05) is 0 Å². The van der Waals surface area contributed by atoms with Gasteiger partial charge in [-0.2, -0.15) is 0 Å².